The van der Waals surface area contributed by atoms with Gasteiger partial charge in [-0.15, -0.1) is 0 Å². The zero-order valence-electron chi connectivity index (χ0n) is 15.2. The molecule has 0 saturated carbocycles. The lowest BCUT2D eigenvalue weighted by atomic mass is 9.92. The van der Waals surface area contributed by atoms with Gasteiger partial charge in [-0.1, -0.05) is 26.8 Å². The molecule has 1 heterocycles. The summed E-state index contributed by atoms with van der Waals surface area (Å²) in [6, 6.07) is 6.53. The highest BCUT2D eigenvalue weighted by Crippen LogP contribution is 2.33. The fourth-order valence-corrected chi connectivity index (χ4v) is 3.35. The molecule has 0 bridgehead atoms. The van der Waals surface area contributed by atoms with Gasteiger partial charge < -0.3 is 20.1 Å². The third-order valence-electron chi connectivity index (χ3n) is 4.90. The van der Waals surface area contributed by atoms with E-state index < -0.39 is 0 Å². The second-order valence-corrected chi connectivity index (χ2v) is 6.78. The summed E-state index contributed by atoms with van der Waals surface area (Å²) in [4.78, 5) is 14.0. The van der Waals surface area contributed by atoms with Gasteiger partial charge in [0.05, 0.1) is 44.2 Å². The Morgan fingerprint density at radius 3 is 2.79 bits per heavy atom. The molecule has 134 valence electrons. The van der Waals surface area contributed by atoms with Crippen molar-refractivity contribution in [3.63, 3.8) is 0 Å². The monoisotopic (exact) mass is 334 g/mol. The predicted molar refractivity (Wildman–Crippen MR) is 97.3 cm³/mol. The second kappa shape index (κ2) is 8.38. The average molecular weight is 334 g/mol. The Kier molecular flexibility index (Phi) is 6.49. The van der Waals surface area contributed by atoms with Crippen LogP contribution in [0.3, 0.4) is 0 Å². The van der Waals surface area contributed by atoms with E-state index in [-0.39, 0.29) is 11.9 Å². The summed E-state index contributed by atoms with van der Waals surface area (Å²) in [6.07, 6.45) is 1.26. The van der Waals surface area contributed by atoms with Crippen LogP contribution >= 0.6 is 0 Å². The molecule has 2 rings (SSSR count). The van der Waals surface area contributed by atoms with Crippen molar-refractivity contribution in [3.05, 3.63) is 23.8 Å². The van der Waals surface area contributed by atoms with Crippen LogP contribution < -0.4 is 10.6 Å². The van der Waals surface area contributed by atoms with Gasteiger partial charge in [-0.2, -0.15) is 0 Å². The van der Waals surface area contributed by atoms with Crippen molar-refractivity contribution >= 4 is 17.3 Å². The van der Waals surface area contributed by atoms with Crippen molar-refractivity contribution in [3.8, 4) is 0 Å². The van der Waals surface area contributed by atoms with Crippen molar-refractivity contribution in [2.24, 2.45) is 5.92 Å². The summed E-state index contributed by atoms with van der Waals surface area (Å²) < 4.78 is 10.4. The van der Waals surface area contributed by atoms with Crippen LogP contribution in [0.25, 0.3) is 0 Å². The molecule has 0 aromatic heterocycles. The highest BCUT2D eigenvalue weighted by molar-refractivity contribution is 5.72. The van der Waals surface area contributed by atoms with E-state index in [2.05, 4.69) is 37.8 Å². The summed E-state index contributed by atoms with van der Waals surface area (Å²) in [6.45, 7) is 8.81. The molecule has 1 unspecified atom stereocenters. The van der Waals surface area contributed by atoms with Gasteiger partial charge in [0.2, 0.25) is 0 Å². The Labute approximate surface area is 145 Å². The lowest BCUT2D eigenvalue weighted by molar-refractivity contribution is -0.141. The van der Waals surface area contributed by atoms with E-state index in [1.807, 2.05) is 6.07 Å². The first kappa shape index (κ1) is 18.6. The summed E-state index contributed by atoms with van der Waals surface area (Å²) in [5.41, 5.74) is 9.30. The van der Waals surface area contributed by atoms with Crippen molar-refractivity contribution in [1.29, 1.82) is 0 Å². The number of carbonyl (C=O) groups excluding carboxylic acids is 1. The molecule has 0 spiro atoms. The first-order chi connectivity index (χ1) is 11.5. The highest BCUT2D eigenvalue weighted by atomic mass is 16.5. The molecular formula is C19H30N2O3. The Morgan fingerprint density at radius 2 is 2.21 bits per heavy atom. The quantitative estimate of drug-likeness (QED) is 0.639. The molecule has 1 fully saturated rings. The first-order valence-corrected chi connectivity index (χ1v) is 8.78. The third-order valence-corrected chi connectivity index (χ3v) is 4.90. The van der Waals surface area contributed by atoms with E-state index in [0.717, 1.165) is 43.1 Å². The SMILES string of the molecule is CCC(CC(=O)OC)c1ccc(N2CCOC[C@H]2C(C)C)c(N)c1. The first-order valence-electron chi connectivity index (χ1n) is 8.78. The molecule has 24 heavy (non-hydrogen) atoms. The molecule has 1 aliphatic heterocycles. The lowest BCUT2D eigenvalue weighted by Gasteiger charge is -2.40. The van der Waals surface area contributed by atoms with E-state index in [9.17, 15) is 4.79 Å². The smallest absolute Gasteiger partial charge is 0.306 e. The van der Waals surface area contributed by atoms with E-state index in [4.69, 9.17) is 15.2 Å². The van der Waals surface area contributed by atoms with Crippen LogP contribution in [0.1, 0.15) is 45.1 Å². The average Bonchev–Trinajstić information content (AvgIpc) is 2.59. The molecule has 5 heteroatoms. The number of rotatable bonds is 6. The molecule has 2 atom stereocenters. The molecule has 0 radical (unpaired) electrons. The largest absolute Gasteiger partial charge is 0.469 e. The molecule has 5 nitrogen and oxygen atoms in total. The van der Waals surface area contributed by atoms with Crippen molar-refractivity contribution in [1.82, 2.24) is 0 Å². The Morgan fingerprint density at radius 1 is 1.46 bits per heavy atom. The van der Waals surface area contributed by atoms with Crippen LogP contribution in [0.15, 0.2) is 18.2 Å². The summed E-state index contributed by atoms with van der Waals surface area (Å²) >= 11 is 0. The van der Waals surface area contributed by atoms with Gasteiger partial charge in [-0.3, -0.25) is 4.79 Å². The molecule has 2 N–H and O–H groups in total. The minimum Gasteiger partial charge on any atom is -0.469 e. The second-order valence-electron chi connectivity index (χ2n) is 6.78. The molecule has 0 amide bonds. The number of benzene rings is 1. The highest BCUT2D eigenvalue weighted by Gasteiger charge is 2.27. The lowest BCUT2D eigenvalue weighted by Crippen LogP contribution is -2.48. The van der Waals surface area contributed by atoms with Crippen LogP contribution in [0, 0.1) is 5.92 Å². The zero-order valence-corrected chi connectivity index (χ0v) is 15.2. The maximum Gasteiger partial charge on any atom is 0.306 e. The number of anilines is 2. The number of esters is 1. The van der Waals surface area contributed by atoms with Crippen molar-refractivity contribution in [2.75, 3.05) is 37.5 Å². The van der Waals surface area contributed by atoms with Gasteiger partial charge in [-0.05, 0) is 36.0 Å². The Bertz CT molecular complexity index is 560. The summed E-state index contributed by atoms with van der Waals surface area (Å²) in [5.74, 6) is 0.448. The number of nitrogens with two attached hydrogens (primary N) is 1. The fraction of sp³-hybridized carbons (Fsp3) is 0.632. The number of ether oxygens (including phenoxy) is 2. The molecule has 1 saturated heterocycles. The summed E-state index contributed by atoms with van der Waals surface area (Å²) in [7, 11) is 1.43. The zero-order chi connectivity index (χ0) is 17.7. The van der Waals surface area contributed by atoms with Crippen LogP contribution in [0.4, 0.5) is 11.4 Å². The van der Waals surface area contributed by atoms with Crippen LogP contribution in [-0.4, -0.2) is 38.9 Å². The standard InChI is InChI=1S/C19H30N2O3/c1-5-14(11-19(22)23-4)15-6-7-17(16(20)10-15)21-8-9-24-12-18(21)13(2)3/h6-7,10,13-14,18H,5,8-9,11-12,20H2,1-4H3/t14?,18-/m0/s1. The fourth-order valence-electron chi connectivity index (χ4n) is 3.35. The third kappa shape index (κ3) is 4.20. The van der Waals surface area contributed by atoms with Crippen LogP contribution in [-0.2, 0) is 14.3 Å². The van der Waals surface area contributed by atoms with Crippen LogP contribution in [0.5, 0.6) is 0 Å². The number of hydrogen-bond acceptors (Lipinski definition) is 5. The molecule has 1 aromatic carbocycles. The minimum absolute atomic E-state index is 0.138. The maximum atomic E-state index is 11.6. The minimum atomic E-state index is -0.183. The molecule has 1 aromatic rings. The van der Waals surface area contributed by atoms with Crippen LogP contribution in [0.2, 0.25) is 0 Å². The number of nitrogens with zero attached hydrogens (tertiary/aromatic N) is 1. The van der Waals surface area contributed by atoms with E-state index in [1.165, 1.54) is 7.11 Å². The van der Waals surface area contributed by atoms with E-state index in [1.54, 1.807) is 0 Å². The molecule has 0 aliphatic carbocycles. The van der Waals surface area contributed by atoms with E-state index in [0.29, 0.717) is 18.4 Å². The van der Waals surface area contributed by atoms with Crippen molar-refractivity contribution in [2.45, 2.75) is 45.6 Å². The number of morpholine rings is 1. The van der Waals surface area contributed by atoms with Gasteiger partial charge in [0.15, 0.2) is 0 Å². The van der Waals surface area contributed by atoms with E-state index >= 15 is 0 Å². The number of hydrogen-bond donors (Lipinski definition) is 1. The number of carbonyl (C=O) groups is 1. The summed E-state index contributed by atoms with van der Waals surface area (Å²) in [5, 5.41) is 0. The van der Waals surface area contributed by atoms with Gasteiger partial charge in [0.25, 0.3) is 0 Å². The Hall–Kier alpha value is -1.75. The van der Waals surface area contributed by atoms with Gasteiger partial charge in [0.1, 0.15) is 0 Å². The van der Waals surface area contributed by atoms with Crippen molar-refractivity contribution < 1.29 is 14.3 Å². The van der Waals surface area contributed by atoms with Gasteiger partial charge in [-0.25, -0.2) is 0 Å². The maximum absolute atomic E-state index is 11.6. The molecular weight excluding hydrogens is 304 g/mol. The topological polar surface area (TPSA) is 64.8 Å². The van der Waals surface area contributed by atoms with Gasteiger partial charge in [0, 0.05) is 6.54 Å². The predicted octanol–water partition coefficient (Wildman–Crippen LogP) is 3.19. The number of nitrogen functional groups attached to an aromatic ring is 1. The normalized spacial score (nSPS) is 19.4. The Balaban J connectivity index is 2.23. The number of methoxy groups -OCH3 is 1. The van der Waals surface area contributed by atoms with Gasteiger partial charge >= 0.3 is 5.97 Å². The molecule has 1 aliphatic rings.